The standard InChI is InChI=1S/C19H19ClN4O2/c1-12-2-3-16(15(20)8-12)23-19(25)13-9-17-18(21-10-13)24(11-22-17)14-4-6-26-7-5-14/h2-3,8-11,14H,4-7H2,1H3,(H,23,25). The Balaban J connectivity index is 1.58. The van der Waals surface area contributed by atoms with Crippen LogP contribution in [0.2, 0.25) is 5.02 Å². The third kappa shape index (κ3) is 3.30. The van der Waals surface area contributed by atoms with E-state index in [0.717, 1.165) is 37.3 Å². The fourth-order valence-corrected chi connectivity index (χ4v) is 3.47. The van der Waals surface area contributed by atoms with Gasteiger partial charge < -0.3 is 14.6 Å². The molecule has 2 aromatic heterocycles. The molecule has 3 aromatic rings. The van der Waals surface area contributed by atoms with Crippen molar-refractivity contribution in [2.75, 3.05) is 18.5 Å². The van der Waals surface area contributed by atoms with Gasteiger partial charge in [0.05, 0.1) is 22.6 Å². The van der Waals surface area contributed by atoms with Crippen molar-refractivity contribution in [2.24, 2.45) is 0 Å². The molecule has 3 heterocycles. The summed E-state index contributed by atoms with van der Waals surface area (Å²) in [5, 5.41) is 3.34. The molecule has 0 saturated carbocycles. The Morgan fingerprint density at radius 1 is 1.27 bits per heavy atom. The number of hydrogen-bond acceptors (Lipinski definition) is 4. The number of aryl methyl sites for hydroxylation is 1. The second kappa shape index (κ2) is 7.05. The maximum Gasteiger partial charge on any atom is 0.257 e. The number of amides is 1. The number of carbonyl (C=O) groups excluding carboxylic acids is 1. The normalized spacial score (nSPS) is 15.3. The molecule has 1 amide bonds. The lowest BCUT2D eigenvalue weighted by molar-refractivity contribution is 0.0704. The second-order valence-corrected chi connectivity index (χ2v) is 6.91. The molecule has 0 atom stereocenters. The minimum Gasteiger partial charge on any atom is -0.381 e. The summed E-state index contributed by atoms with van der Waals surface area (Å²) < 4.78 is 7.50. The predicted molar refractivity (Wildman–Crippen MR) is 101 cm³/mol. The molecule has 7 heteroatoms. The Hall–Kier alpha value is -2.44. The summed E-state index contributed by atoms with van der Waals surface area (Å²) in [6, 6.07) is 7.61. The van der Waals surface area contributed by atoms with Crippen LogP contribution in [0.4, 0.5) is 5.69 Å². The smallest absolute Gasteiger partial charge is 0.257 e. The van der Waals surface area contributed by atoms with Gasteiger partial charge in [-0.05, 0) is 43.5 Å². The Labute approximate surface area is 156 Å². The summed E-state index contributed by atoms with van der Waals surface area (Å²) >= 11 is 6.19. The van der Waals surface area contributed by atoms with E-state index in [4.69, 9.17) is 16.3 Å². The van der Waals surface area contributed by atoms with E-state index in [1.165, 1.54) is 0 Å². The van der Waals surface area contributed by atoms with Crippen molar-refractivity contribution in [3.8, 4) is 0 Å². The van der Waals surface area contributed by atoms with E-state index in [1.54, 1.807) is 24.7 Å². The Morgan fingerprint density at radius 2 is 2.08 bits per heavy atom. The van der Waals surface area contributed by atoms with E-state index in [0.29, 0.717) is 27.8 Å². The van der Waals surface area contributed by atoms with Gasteiger partial charge in [-0.25, -0.2) is 9.97 Å². The quantitative estimate of drug-likeness (QED) is 0.756. The van der Waals surface area contributed by atoms with E-state index in [9.17, 15) is 4.79 Å². The lowest BCUT2D eigenvalue weighted by Gasteiger charge is -2.23. The second-order valence-electron chi connectivity index (χ2n) is 6.50. The number of halogens is 1. The van der Waals surface area contributed by atoms with Crippen LogP contribution in [0.15, 0.2) is 36.8 Å². The lowest BCUT2D eigenvalue weighted by Crippen LogP contribution is -2.19. The van der Waals surface area contributed by atoms with Gasteiger partial charge in [0, 0.05) is 25.5 Å². The number of hydrogen-bond donors (Lipinski definition) is 1. The summed E-state index contributed by atoms with van der Waals surface area (Å²) in [4.78, 5) is 21.5. The molecule has 134 valence electrons. The first kappa shape index (κ1) is 17.0. The fraction of sp³-hybridized carbons (Fsp3) is 0.316. The average molecular weight is 371 g/mol. The van der Waals surface area contributed by atoms with Crippen LogP contribution in [0.1, 0.15) is 34.8 Å². The maximum absolute atomic E-state index is 12.5. The lowest BCUT2D eigenvalue weighted by atomic mass is 10.1. The van der Waals surface area contributed by atoms with Gasteiger partial charge in [0.15, 0.2) is 5.65 Å². The third-order valence-corrected chi connectivity index (χ3v) is 4.94. The van der Waals surface area contributed by atoms with Crippen LogP contribution < -0.4 is 5.32 Å². The van der Waals surface area contributed by atoms with Crippen molar-refractivity contribution in [1.82, 2.24) is 14.5 Å². The van der Waals surface area contributed by atoms with Crippen LogP contribution in [0, 0.1) is 6.92 Å². The van der Waals surface area contributed by atoms with Crippen molar-refractivity contribution in [1.29, 1.82) is 0 Å². The molecule has 0 aliphatic carbocycles. The molecule has 1 aliphatic rings. The van der Waals surface area contributed by atoms with Gasteiger partial charge in [0.1, 0.15) is 5.52 Å². The number of nitrogens with one attached hydrogen (secondary N) is 1. The zero-order valence-corrected chi connectivity index (χ0v) is 15.2. The number of nitrogens with zero attached hydrogens (tertiary/aromatic N) is 3. The molecule has 0 unspecified atom stereocenters. The molecular formula is C19H19ClN4O2. The Kier molecular flexibility index (Phi) is 4.61. The number of benzene rings is 1. The summed E-state index contributed by atoms with van der Waals surface area (Å²) in [5.41, 5.74) is 3.57. The highest BCUT2D eigenvalue weighted by molar-refractivity contribution is 6.34. The molecule has 6 nitrogen and oxygen atoms in total. The molecule has 0 bridgehead atoms. The van der Waals surface area contributed by atoms with Crippen molar-refractivity contribution in [3.63, 3.8) is 0 Å². The predicted octanol–water partition coefficient (Wildman–Crippen LogP) is 4.00. The first-order chi connectivity index (χ1) is 12.6. The van der Waals surface area contributed by atoms with Gasteiger partial charge >= 0.3 is 0 Å². The van der Waals surface area contributed by atoms with Crippen LogP contribution in [0.5, 0.6) is 0 Å². The number of ether oxygens (including phenoxy) is 1. The third-order valence-electron chi connectivity index (χ3n) is 4.63. The first-order valence-electron chi connectivity index (χ1n) is 8.59. The van der Waals surface area contributed by atoms with Gasteiger partial charge in [-0.3, -0.25) is 4.79 Å². The number of imidazole rings is 1. The highest BCUT2D eigenvalue weighted by Crippen LogP contribution is 2.26. The SMILES string of the molecule is Cc1ccc(NC(=O)c2cnc3c(c2)ncn3C2CCOCC2)c(Cl)c1. The molecule has 1 fully saturated rings. The Bertz CT molecular complexity index is 963. The van der Waals surface area contributed by atoms with E-state index < -0.39 is 0 Å². The molecular weight excluding hydrogens is 352 g/mol. The number of carbonyl (C=O) groups is 1. The molecule has 1 aromatic carbocycles. The van der Waals surface area contributed by atoms with Gasteiger partial charge in [0.2, 0.25) is 0 Å². The summed E-state index contributed by atoms with van der Waals surface area (Å²) in [5.74, 6) is -0.259. The van der Waals surface area contributed by atoms with Crippen molar-refractivity contribution >= 4 is 34.4 Å². The molecule has 4 rings (SSSR count). The number of aromatic nitrogens is 3. The number of rotatable bonds is 3. The highest BCUT2D eigenvalue weighted by atomic mass is 35.5. The molecule has 1 aliphatic heterocycles. The summed E-state index contributed by atoms with van der Waals surface area (Å²) in [7, 11) is 0. The number of pyridine rings is 1. The van der Waals surface area contributed by atoms with Crippen molar-refractivity contribution < 1.29 is 9.53 Å². The highest BCUT2D eigenvalue weighted by Gasteiger charge is 2.19. The minimum atomic E-state index is -0.259. The number of fused-ring (bicyclic) bond motifs is 1. The van der Waals surface area contributed by atoms with Crippen molar-refractivity contribution in [2.45, 2.75) is 25.8 Å². The van der Waals surface area contributed by atoms with E-state index in [-0.39, 0.29) is 5.91 Å². The fourth-order valence-electron chi connectivity index (χ4n) is 3.19. The van der Waals surface area contributed by atoms with Crippen LogP contribution in [-0.4, -0.2) is 33.7 Å². The molecule has 26 heavy (non-hydrogen) atoms. The summed E-state index contributed by atoms with van der Waals surface area (Å²) in [6.45, 7) is 3.45. The largest absolute Gasteiger partial charge is 0.381 e. The zero-order chi connectivity index (χ0) is 18.1. The van der Waals surface area contributed by atoms with Crippen LogP contribution >= 0.6 is 11.6 Å². The monoisotopic (exact) mass is 370 g/mol. The van der Waals surface area contributed by atoms with Gasteiger partial charge in [0.25, 0.3) is 5.91 Å². The summed E-state index contributed by atoms with van der Waals surface area (Å²) in [6.07, 6.45) is 5.27. The molecule has 1 N–H and O–H groups in total. The van der Waals surface area contributed by atoms with Gasteiger partial charge in [-0.1, -0.05) is 17.7 Å². The van der Waals surface area contributed by atoms with Crippen LogP contribution in [0.3, 0.4) is 0 Å². The molecule has 1 saturated heterocycles. The van der Waals surface area contributed by atoms with Crippen LogP contribution in [0.25, 0.3) is 11.2 Å². The Morgan fingerprint density at radius 3 is 2.85 bits per heavy atom. The van der Waals surface area contributed by atoms with E-state index in [2.05, 4.69) is 19.9 Å². The first-order valence-corrected chi connectivity index (χ1v) is 8.97. The van der Waals surface area contributed by atoms with Gasteiger partial charge in [-0.15, -0.1) is 0 Å². The average Bonchev–Trinajstić information content (AvgIpc) is 3.08. The zero-order valence-electron chi connectivity index (χ0n) is 14.4. The van der Waals surface area contributed by atoms with E-state index in [1.807, 2.05) is 19.1 Å². The maximum atomic E-state index is 12.5. The number of anilines is 1. The van der Waals surface area contributed by atoms with Gasteiger partial charge in [-0.2, -0.15) is 0 Å². The van der Waals surface area contributed by atoms with Crippen LogP contribution in [-0.2, 0) is 4.74 Å². The molecule has 0 spiro atoms. The topological polar surface area (TPSA) is 69.0 Å². The van der Waals surface area contributed by atoms with Crippen molar-refractivity contribution in [3.05, 3.63) is 52.9 Å². The minimum absolute atomic E-state index is 0.259. The van der Waals surface area contributed by atoms with E-state index >= 15 is 0 Å². The molecule has 0 radical (unpaired) electrons.